The van der Waals surface area contributed by atoms with Crippen LogP contribution in [0.3, 0.4) is 0 Å². The zero-order valence-corrected chi connectivity index (χ0v) is 11.3. The van der Waals surface area contributed by atoms with Crippen LogP contribution in [0.5, 0.6) is 0 Å². The Kier molecular flexibility index (Phi) is 4.22. The number of rotatable bonds is 5. The number of amides is 1. The van der Waals surface area contributed by atoms with Crippen LogP contribution in [0, 0.1) is 5.92 Å². The molecule has 102 valence electrons. The summed E-state index contributed by atoms with van der Waals surface area (Å²) in [5.41, 5.74) is 1.06. The van der Waals surface area contributed by atoms with E-state index in [4.69, 9.17) is 5.11 Å². The number of carbonyl (C=O) groups is 1. The van der Waals surface area contributed by atoms with Crippen molar-refractivity contribution in [2.75, 3.05) is 6.61 Å². The highest BCUT2D eigenvalue weighted by molar-refractivity contribution is 5.83. The molecule has 4 heteroatoms. The normalized spacial score (nSPS) is 14.3. The Labute approximate surface area is 113 Å². The van der Waals surface area contributed by atoms with Gasteiger partial charge in [0, 0.05) is 24.4 Å². The summed E-state index contributed by atoms with van der Waals surface area (Å²) in [6.07, 6.45) is 1.92. The van der Waals surface area contributed by atoms with E-state index >= 15 is 0 Å². The van der Waals surface area contributed by atoms with Crippen LogP contribution in [-0.4, -0.2) is 28.2 Å². The molecular formula is C15H20N2O2. The minimum absolute atomic E-state index is 0.0284. The van der Waals surface area contributed by atoms with E-state index in [2.05, 4.69) is 5.32 Å². The third-order valence-corrected chi connectivity index (χ3v) is 3.52. The number of benzene rings is 1. The first-order valence-electron chi connectivity index (χ1n) is 6.56. The van der Waals surface area contributed by atoms with Gasteiger partial charge in [0.05, 0.1) is 0 Å². The largest absolute Gasteiger partial charge is 0.396 e. The molecule has 0 aliphatic carbocycles. The SMILES string of the molecule is CC(CO)C(C)NC(=O)Cn1ccc2ccccc21. The highest BCUT2D eigenvalue weighted by atomic mass is 16.3. The van der Waals surface area contributed by atoms with Crippen molar-refractivity contribution in [3.8, 4) is 0 Å². The summed E-state index contributed by atoms with van der Waals surface area (Å²) < 4.78 is 1.93. The molecule has 1 heterocycles. The summed E-state index contributed by atoms with van der Waals surface area (Å²) in [5, 5.41) is 13.1. The van der Waals surface area contributed by atoms with E-state index in [1.165, 1.54) is 0 Å². The van der Waals surface area contributed by atoms with Gasteiger partial charge >= 0.3 is 0 Å². The maximum absolute atomic E-state index is 12.0. The number of aromatic nitrogens is 1. The average Bonchev–Trinajstić information content (AvgIpc) is 2.81. The highest BCUT2D eigenvalue weighted by Gasteiger charge is 2.14. The van der Waals surface area contributed by atoms with Gasteiger partial charge in [-0.3, -0.25) is 4.79 Å². The van der Waals surface area contributed by atoms with Crippen LogP contribution in [0.15, 0.2) is 36.5 Å². The van der Waals surface area contributed by atoms with E-state index < -0.39 is 0 Å². The number of hydrogen-bond acceptors (Lipinski definition) is 2. The number of nitrogens with zero attached hydrogens (tertiary/aromatic N) is 1. The second kappa shape index (κ2) is 5.89. The van der Waals surface area contributed by atoms with Crippen molar-refractivity contribution in [3.05, 3.63) is 36.5 Å². The molecule has 0 radical (unpaired) electrons. The fraction of sp³-hybridized carbons (Fsp3) is 0.400. The zero-order valence-electron chi connectivity index (χ0n) is 11.3. The minimum atomic E-state index is -0.0332. The van der Waals surface area contributed by atoms with Gasteiger partial charge in [-0.1, -0.05) is 25.1 Å². The number of para-hydroxylation sites is 1. The van der Waals surface area contributed by atoms with Gasteiger partial charge in [0.25, 0.3) is 0 Å². The molecule has 19 heavy (non-hydrogen) atoms. The standard InChI is InChI=1S/C15H20N2O2/c1-11(10-18)12(2)16-15(19)9-17-8-7-13-5-3-4-6-14(13)17/h3-8,11-12,18H,9-10H2,1-2H3,(H,16,19). The lowest BCUT2D eigenvalue weighted by Gasteiger charge is -2.19. The fourth-order valence-corrected chi connectivity index (χ4v) is 2.03. The monoisotopic (exact) mass is 260 g/mol. The molecule has 4 nitrogen and oxygen atoms in total. The fourth-order valence-electron chi connectivity index (χ4n) is 2.03. The molecule has 1 aromatic heterocycles. The van der Waals surface area contributed by atoms with Crippen molar-refractivity contribution in [1.82, 2.24) is 9.88 Å². The summed E-state index contributed by atoms with van der Waals surface area (Å²) in [4.78, 5) is 12.0. The Morgan fingerprint density at radius 2 is 2.05 bits per heavy atom. The summed E-state index contributed by atoms with van der Waals surface area (Å²) in [5.74, 6) is 0.0273. The van der Waals surface area contributed by atoms with Crippen molar-refractivity contribution in [2.45, 2.75) is 26.4 Å². The van der Waals surface area contributed by atoms with E-state index in [-0.39, 0.29) is 24.5 Å². The summed E-state index contributed by atoms with van der Waals surface area (Å²) in [7, 11) is 0. The lowest BCUT2D eigenvalue weighted by molar-refractivity contribution is -0.122. The number of aliphatic hydroxyl groups is 1. The van der Waals surface area contributed by atoms with E-state index in [0.717, 1.165) is 10.9 Å². The predicted octanol–water partition coefficient (Wildman–Crippen LogP) is 1.77. The minimum Gasteiger partial charge on any atom is -0.396 e. The smallest absolute Gasteiger partial charge is 0.240 e. The molecule has 2 rings (SSSR count). The first kappa shape index (κ1) is 13.6. The van der Waals surface area contributed by atoms with Crippen molar-refractivity contribution >= 4 is 16.8 Å². The molecule has 2 N–H and O–H groups in total. The first-order valence-corrected chi connectivity index (χ1v) is 6.56. The van der Waals surface area contributed by atoms with Crippen molar-refractivity contribution < 1.29 is 9.90 Å². The Bertz CT molecular complexity index is 562. The maximum Gasteiger partial charge on any atom is 0.240 e. The lowest BCUT2D eigenvalue weighted by atomic mass is 10.1. The summed E-state index contributed by atoms with van der Waals surface area (Å²) in [6, 6.07) is 9.95. The number of nitrogens with one attached hydrogen (secondary N) is 1. The van der Waals surface area contributed by atoms with Crippen LogP contribution in [0.1, 0.15) is 13.8 Å². The van der Waals surface area contributed by atoms with Gasteiger partial charge in [-0.15, -0.1) is 0 Å². The molecule has 2 aromatic rings. The molecule has 2 unspecified atom stereocenters. The summed E-state index contributed by atoms with van der Waals surface area (Å²) >= 11 is 0. The third kappa shape index (κ3) is 3.15. The molecule has 0 saturated heterocycles. The van der Waals surface area contributed by atoms with Gasteiger partial charge in [-0.2, -0.15) is 0 Å². The van der Waals surface area contributed by atoms with E-state index in [9.17, 15) is 4.79 Å². The van der Waals surface area contributed by atoms with E-state index in [1.54, 1.807) is 0 Å². The molecule has 0 aliphatic heterocycles. The Morgan fingerprint density at radius 1 is 1.32 bits per heavy atom. The second-order valence-electron chi connectivity index (χ2n) is 5.02. The predicted molar refractivity (Wildman–Crippen MR) is 75.8 cm³/mol. The van der Waals surface area contributed by atoms with Crippen LogP contribution >= 0.6 is 0 Å². The number of carbonyl (C=O) groups excluding carboxylic acids is 1. The van der Waals surface area contributed by atoms with Gasteiger partial charge in [-0.05, 0) is 30.4 Å². The summed E-state index contributed by atoms with van der Waals surface area (Å²) in [6.45, 7) is 4.20. The molecule has 0 aliphatic rings. The quantitative estimate of drug-likeness (QED) is 0.861. The van der Waals surface area contributed by atoms with E-state index in [0.29, 0.717) is 6.54 Å². The van der Waals surface area contributed by atoms with Crippen LogP contribution in [0.4, 0.5) is 0 Å². The van der Waals surface area contributed by atoms with Crippen molar-refractivity contribution in [3.63, 3.8) is 0 Å². The van der Waals surface area contributed by atoms with Gasteiger partial charge in [-0.25, -0.2) is 0 Å². The maximum atomic E-state index is 12.0. The number of fused-ring (bicyclic) bond motifs is 1. The van der Waals surface area contributed by atoms with E-state index in [1.807, 2.05) is 54.9 Å². The molecule has 1 amide bonds. The Morgan fingerprint density at radius 3 is 2.79 bits per heavy atom. The Balaban J connectivity index is 2.03. The number of hydrogen-bond donors (Lipinski definition) is 2. The highest BCUT2D eigenvalue weighted by Crippen LogP contribution is 2.14. The first-order chi connectivity index (χ1) is 9.11. The topological polar surface area (TPSA) is 54.3 Å². The average molecular weight is 260 g/mol. The van der Waals surface area contributed by atoms with Crippen LogP contribution in [0.25, 0.3) is 10.9 Å². The lowest BCUT2D eigenvalue weighted by Crippen LogP contribution is -2.39. The molecule has 1 aromatic carbocycles. The van der Waals surface area contributed by atoms with Crippen LogP contribution in [0.2, 0.25) is 0 Å². The van der Waals surface area contributed by atoms with Gasteiger partial charge in [0.15, 0.2) is 0 Å². The van der Waals surface area contributed by atoms with Crippen molar-refractivity contribution in [1.29, 1.82) is 0 Å². The van der Waals surface area contributed by atoms with Crippen LogP contribution < -0.4 is 5.32 Å². The van der Waals surface area contributed by atoms with Gasteiger partial charge in [0.1, 0.15) is 6.54 Å². The molecule has 2 atom stereocenters. The van der Waals surface area contributed by atoms with Crippen molar-refractivity contribution in [2.24, 2.45) is 5.92 Å². The van der Waals surface area contributed by atoms with Gasteiger partial charge < -0.3 is 15.0 Å². The molecule has 0 bridgehead atoms. The third-order valence-electron chi connectivity index (χ3n) is 3.52. The zero-order chi connectivity index (χ0) is 13.8. The molecular weight excluding hydrogens is 240 g/mol. The Hall–Kier alpha value is -1.81. The molecule has 0 spiro atoms. The molecule has 0 saturated carbocycles. The van der Waals surface area contributed by atoms with Gasteiger partial charge in [0.2, 0.25) is 5.91 Å². The number of aliphatic hydroxyl groups excluding tert-OH is 1. The second-order valence-corrected chi connectivity index (χ2v) is 5.02. The molecule has 0 fully saturated rings. The van der Waals surface area contributed by atoms with Crippen LogP contribution in [-0.2, 0) is 11.3 Å².